The van der Waals surface area contributed by atoms with Crippen LogP contribution in [-0.4, -0.2) is 24.1 Å². The van der Waals surface area contributed by atoms with Gasteiger partial charge < -0.3 is 11.1 Å². The lowest BCUT2D eigenvalue weighted by atomic mass is 10.2. The van der Waals surface area contributed by atoms with Crippen molar-refractivity contribution in [1.29, 1.82) is 0 Å². The van der Waals surface area contributed by atoms with Crippen molar-refractivity contribution < 1.29 is 0 Å². The summed E-state index contributed by atoms with van der Waals surface area (Å²) in [6.45, 7) is 1.90. The second-order valence-corrected chi connectivity index (χ2v) is 4.96. The molecule has 78 valence electrons. The molecule has 3 nitrogen and oxygen atoms in total. The number of hydrogen-bond donors (Lipinski definition) is 2. The van der Waals surface area contributed by atoms with Gasteiger partial charge >= 0.3 is 0 Å². The van der Waals surface area contributed by atoms with E-state index in [4.69, 9.17) is 5.73 Å². The van der Waals surface area contributed by atoms with Gasteiger partial charge in [0, 0.05) is 23.5 Å². The molecule has 2 heterocycles. The van der Waals surface area contributed by atoms with Crippen LogP contribution in [0.4, 0.5) is 0 Å². The van der Waals surface area contributed by atoms with Crippen LogP contribution in [0.2, 0.25) is 0 Å². The third kappa shape index (κ3) is 2.53. The van der Waals surface area contributed by atoms with Crippen molar-refractivity contribution in [2.75, 3.05) is 13.1 Å². The zero-order valence-corrected chi connectivity index (χ0v) is 9.15. The van der Waals surface area contributed by atoms with Crippen LogP contribution in [0.15, 0.2) is 6.20 Å². The maximum atomic E-state index is 5.50. The van der Waals surface area contributed by atoms with Gasteiger partial charge in [0.2, 0.25) is 0 Å². The van der Waals surface area contributed by atoms with E-state index in [1.54, 1.807) is 0 Å². The Hall–Kier alpha value is -0.450. The summed E-state index contributed by atoms with van der Waals surface area (Å²) in [5.74, 6) is 0. The van der Waals surface area contributed by atoms with Crippen LogP contribution >= 0.6 is 11.3 Å². The molecule has 1 aromatic rings. The normalized spacial score (nSPS) is 21.6. The molecule has 1 aromatic heterocycles. The lowest BCUT2D eigenvalue weighted by molar-refractivity contribution is 0.601. The molecule has 1 saturated heterocycles. The molecule has 1 aliphatic rings. The molecule has 0 aromatic carbocycles. The summed E-state index contributed by atoms with van der Waals surface area (Å²) < 4.78 is 0. The average molecular weight is 211 g/mol. The number of nitrogens with zero attached hydrogens (tertiary/aromatic N) is 1. The van der Waals surface area contributed by atoms with Crippen LogP contribution in [0, 0.1) is 0 Å². The van der Waals surface area contributed by atoms with Crippen molar-refractivity contribution in [3.63, 3.8) is 0 Å². The van der Waals surface area contributed by atoms with Crippen LogP contribution in [-0.2, 0) is 12.8 Å². The van der Waals surface area contributed by atoms with Gasteiger partial charge in [0.05, 0.1) is 5.01 Å². The largest absolute Gasteiger partial charge is 0.330 e. The molecule has 2 rings (SSSR count). The van der Waals surface area contributed by atoms with Crippen LogP contribution in [0.5, 0.6) is 0 Å². The number of hydrogen-bond acceptors (Lipinski definition) is 4. The molecule has 1 atom stereocenters. The van der Waals surface area contributed by atoms with Gasteiger partial charge in [-0.1, -0.05) is 0 Å². The van der Waals surface area contributed by atoms with Gasteiger partial charge in [-0.2, -0.15) is 0 Å². The topological polar surface area (TPSA) is 50.9 Å². The molecule has 1 fully saturated rings. The van der Waals surface area contributed by atoms with Gasteiger partial charge in [-0.15, -0.1) is 11.3 Å². The number of thiazole rings is 1. The highest BCUT2D eigenvalue weighted by Crippen LogP contribution is 2.17. The van der Waals surface area contributed by atoms with E-state index in [2.05, 4.69) is 10.3 Å². The third-order valence-electron chi connectivity index (χ3n) is 2.58. The molecule has 1 unspecified atom stereocenters. The van der Waals surface area contributed by atoms with Gasteiger partial charge in [-0.25, -0.2) is 4.98 Å². The molecular formula is C10H17N3S. The van der Waals surface area contributed by atoms with Gasteiger partial charge in [-0.05, 0) is 32.4 Å². The fraction of sp³-hybridized carbons (Fsp3) is 0.700. The molecule has 1 aliphatic heterocycles. The van der Waals surface area contributed by atoms with Gasteiger partial charge in [-0.3, -0.25) is 0 Å². The van der Waals surface area contributed by atoms with Crippen molar-refractivity contribution in [1.82, 2.24) is 10.3 Å². The zero-order valence-electron chi connectivity index (χ0n) is 8.33. The van der Waals surface area contributed by atoms with Gasteiger partial charge in [0.1, 0.15) is 0 Å². The van der Waals surface area contributed by atoms with E-state index in [0.717, 1.165) is 19.4 Å². The van der Waals surface area contributed by atoms with E-state index < -0.39 is 0 Å². The van der Waals surface area contributed by atoms with Crippen LogP contribution in [0.1, 0.15) is 22.7 Å². The molecule has 0 bridgehead atoms. The molecule has 3 N–H and O–H groups in total. The third-order valence-corrected chi connectivity index (χ3v) is 3.65. The first-order valence-electron chi connectivity index (χ1n) is 5.25. The van der Waals surface area contributed by atoms with Crippen molar-refractivity contribution in [2.24, 2.45) is 5.73 Å². The highest BCUT2D eigenvalue weighted by atomic mass is 32.1. The molecular weight excluding hydrogens is 194 g/mol. The summed E-state index contributed by atoms with van der Waals surface area (Å²) in [6.07, 6.45) is 6.64. The number of nitrogens with one attached hydrogen (secondary N) is 1. The SMILES string of the molecule is NCCc1cnc(CC2CCCN2)s1. The van der Waals surface area contributed by atoms with Crippen molar-refractivity contribution in [3.05, 3.63) is 16.1 Å². The predicted octanol–water partition coefficient (Wildman–Crippen LogP) is 0.939. The van der Waals surface area contributed by atoms with Gasteiger partial charge in [0.25, 0.3) is 0 Å². The Bertz CT molecular complexity index is 279. The Morgan fingerprint density at radius 2 is 2.57 bits per heavy atom. The molecule has 4 heteroatoms. The maximum Gasteiger partial charge on any atom is 0.0943 e. The standard InChI is InChI=1S/C10H17N3S/c11-4-3-9-7-13-10(14-9)6-8-2-1-5-12-8/h7-8,12H,1-6,11H2. The Morgan fingerprint density at radius 1 is 1.64 bits per heavy atom. The minimum atomic E-state index is 0.659. The summed E-state index contributed by atoms with van der Waals surface area (Å²) in [6, 6.07) is 0.659. The fourth-order valence-corrected chi connectivity index (χ4v) is 2.86. The van der Waals surface area contributed by atoms with Crippen molar-refractivity contribution in [3.8, 4) is 0 Å². The highest BCUT2D eigenvalue weighted by Gasteiger charge is 2.15. The minimum Gasteiger partial charge on any atom is -0.330 e. The van der Waals surface area contributed by atoms with Crippen molar-refractivity contribution >= 4 is 11.3 Å². The second kappa shape index (κ2) is 4.87. The Morgan fingerprint density at radius 3 is 3.29 bits per heavy atom. The predicted molar refractivity (Wildman–Crippen MR) is 59.6 cm³/mol. The Labute approximate surface area is 88.7 Å². The second-order valence-electron chi connectivity index (χ2n) is 3.76. The molecule has 14 heavy (non-hydrogen) atoms. The molecule has 0 spiro atoms. The zero-order chi connectivity index (χ0) is 9.80. The molecule has 0 amide bonds. The summed E-state index contributed by atoms with van der Waals surface area (Å²) in [7, 11) is 0. The molecule has 0 radical (unpaired) electrons. The monoisotopic (exact) mass is 211 g/mol. The fourth-order valence-electron chi connectivity index (χ4n) is 1.84. The van der Waals surface area contributed by atoms with E-state index in [1.807, 2.05) is 17.5 Å². The van der Waals surface area contributed by atoms with Crippen LogP contribution < -0.4 is 11.1 Å². The molecule has 0 aliphatic carbocycles. The van der Waals surface area contributed by atoms with Gasteiger partial charge in [0.15, 0.2) is 0 Å². The first-order valence-corrected chi connectivity index (χ1v) is 6.07. The van der Waals surface area contributed by atoms with E-state index in [0.29, 0.717) is 6.04 Å². The highest BCUT2D eigenvalue weighted by molar-refractivity contribution is 7.11. The summed E-state index contributed by atoms with van der Waals surface area (Å²) in [5.41, 5.74) is 5.50. The van der Waals surface area contributed by atoms with E-state index >= 15 is 0 Å². The summed E-state index contributed by atoms with van der Waals surface area (Å²) in [4.78, 5) is 5.74. The van der Waals surface area contributed by atoms with E-state index in [1.165, 1.54) is 29.3 Å². The lowest BCUT2D eigenvalue weighted by Crippen LogP contribution is -2.23. The first kappa shape index (κ1) is 10.1. The first-order chi connectivity index (χ1) is 6.88. The number of nitrogens with two attached hydrogens (primary N) is 1. The minimum absolute atomic E-state index is 0.659. The van der Waals surface area contributed by atoms with E-state index in [9.17, 15) is 0 Å². The quantitative estimate of drug-likeness (QED) is 0.779. The van der Waals surface area contributed by atoms with E-state index in [-0.39, 0.29) is 0 Å². The maximum absolute atomic E-state index is 5.50. The lowest BCUT2D eigenvalue weighted by Gasteiger charge is -2.06. The van der Waals surface area contributed by atoms with Crippen molar-refractivity contribution in [2.45, 2.75) is 31.7 Å². The summed E-state index contributed by atoms with van der Waals surface area (Å²) in [5, 5.41) is 4.75. The van der Waals surface area contributed by atoms with Crippen LogP contribution in [0.3, 0.4) is 0 Å². The molecule has 0 saturated carbocycles. The average Bonchev–Trinajstić information content (AvgIpc) is 2.79. The Balaban J connectivity index is 1.88. The number of rotatable bonds is 4. The summed E-state index contributed by atoms with van der Waals surface area (Å²) >= 11 is 1.81. The van der Waals surface area contributed by atoms with Crippen LogP contribution in [0.25, 0.3) is 0 Å². The Kier molecular flexibility index (Phi) is 3.50. The number of aromatic nitrogens is 1. The smallest absolute Gasteiger partial charge is 0.0943 e.